The smallest absolute Gasteiger partial charge is 0.227 e. The number of benzene rings is 1. The maximum atomic E-state index is 12.1. The number of nitrogens with one attached hydrogen (secondary N) is 2. The van der Waals surface area contributed by atoms with E-state index >= 15 is 0 Å². The van der Waals surface area contributed by atoms with E-state index in [0.717, 1.165) is 42.6 Å². The highest BCUT2D eigenvalue weighted by Crippen LogP contribution is 2.27. The van der Waals surface area contributed by atoms with Gasteiger partial charge in [-0.25, -0.2) is 0 Å². The Morgan fingerprint density at radius 1 is 1.32 bits per heavy atom. The minimum Gasteiger partial charge on any atom is -0.376 e. The first-order valence-electron chi connectivity index (χ1n) is 6.54. The molecular formula is C14H19N3OS. The number of rotatable bonds is 3. The highest BCUT2D eigenvalue weighted by molar-refractivity contribution is 7.80. The monoisotopic (exact) mass is 277 g/mol. The van der Waals surface area contributed by atoms with Crippen molar-refractivity contribution in [3.8, 4) is 0 Å². The van der Waals surface area contributed by atoms with Crippen LogP contribution in [0.4, 0.5) is 11.4 Å². The van der Waals surface area contributed by atoms with Crippen LogP contribution in [0.15, 0.2) is 18.2 Å². The number of carbonyl (C=O) groups excluding carboxylic acids is 1. The molecule has 4 N–H and O–H groups in total. The summed E-state index contributed by atoms with van der Waals surface area (Å²) in [6, 6.07) is 5.69. The summed E-state index contributed by atoms with van der Waals surface area (Å²) in [7, 11) is 0. The fraction of sp³-hybridized carbons (Fsp3) is 0.429. The molecular weight excluding hydrogens is 258 g/mol. The molecule has 0 bridgehead atoms. The first kappa shape index (κ1) is 13.8. The zero-order valence-corrected chi connectivity index (χ0v) is 11.8. The lowest BCUT2D eigenvalue weighted by molar-refractivity contribution is -0.119. The van der Waals surface area contributed by atoms with Gasteiger partial charge in [-0.15, -0.1) is 0 Å². The summed E-state index contributed by atoms with van der Waals surface area (Å²) >= 11 is 4.83. The fourth-order valence-corrected chi connectivity index (χ4v) is 2.51. The van der Waals surface area contributed by atoms with Gasteiger partial charge in [0.15, 0.2) is 5.11 Å². The van der Waals surface area contributed by atoms with Crippen LogP contribution in [-0.2, 0) is 4.79 Å². The largest absolute Gasteiger partial charge is 0.376 e. The molecule has 0 radical (unpaired) electrons. The third-order valence-corrected chi connectivity index (χ3v) is 3.59. The molecule has 0 aliphatic heterocycles. The molecule has 0 aromatic heterocycles. The molecule has 0 unspecified atom stereocenters. The fourth-order valence-electron chi connectivity index (χ4n) is 2.40. The van der Waals surface area contributed by atoms with E-state index in [4.69, 9.17) is 18.0 Å². The lowest BCUT2D eigenvalue weighted by atomic mass is 10.1. The van der Waals surface area contributed by atoms with Crippen molar-refractivity contribution in [2.45, 2.75) is 32.6 Å². The van der Waals surface area contributed by atoms with E-state index in [1.807, 2.05) is 25.1 Å². The summed E-state index contributed by atoms with van der Waals surface area (Å²) in [5, 5.41) is 6.10. The Bertz CT molecular complexity index is 495. The summed E-state index contributed by atoms with van der Waals surface area (Å²) < 4.78 is 0. The Morgan fingerprint density at radius 2 is 2.00 bits per heavy atom. The Kier molecular flexibility index (Phi) is 4.37. The quantitative estimate of drug-likeness (QED) is 0.743. The Labute approximate surface area is 118 Å². The van der Waals surface area contributed by atoms with E-state index in [2.05, 4.69) is 10.6 Å². The minimum absolute atomic E-state index is 0.114. The van der Waals surface area contributed by atoms with E-state index in [-0.39, 0.29) is 16.9 Å². The molecule has 0 atom stereocenters. The summed E-state index contributed by atoms with van der Waals surface area (Å²) in [5.41, 5.74) is 8.12. The number of thiocarbonyl (C=S) groups is 1. The summed E-state index contributed by atoms with van der Waals surface area (Å²) in [6.45, 7) is 1.96. The van der Waals surface area contributed by atoms with Gasteiger partial charge in [0.1, 0.15) is 0 Å². The van der Waals surface area contributed by atoms with Crippen LogP contribution >= 0.6 is 12.2 Å². The van der Waals surface area contributed by atoms with Crippen LogP contribution in [0.1, 0.15) is 31.2 Å². The molecule has 0 heterocycles. The maximum Gasteiger partial charge on any atom is 0.227 e. The SMILES string of the molecule is Cc1ccc(NC(=O)C2CCCC2)cc1NC(N)=S. The van der Waals surface area contributed by atoms with Gasteiger partial charge in [0.25, 0.3) is 0 Å². The van der Waals surface area contributed by atoms with Crippen LogP contribution in [0.25, 0.3) is 0 Å². The molecule has 1 aromatic carbocycles. The van der Waals surface area contributed by atoms with E-state index in [1.54, 1.807) is 0 Å². The number of aryl methyl sites for hydroxylation is 1. The van der Waals surface area contributed by atoms with Crippen molar-refractivity contribution in [1.29, 1.82) is 0 Å². The molecule has 102 valence electrons. The van der Waals surface area contributed by atoms with Gasteiger partial charge in [-0.05, 0) is 49.7 Å². The molecule has 19 heavy (non-hydrogen) atoms. The van der Waals surface area contributed by atoms with Gasteiger partial charge >= 0.3 is 0 Å². The minimum atomic E-state index is 0.114. The zero-order valence-electron chi connectivity index (χ0n) is 11.0. The first-order chi connectivity index (χ1) is 9.06. The molecule has 0 spiro atoms. The summed E-state index contributed by atoms with van der Waals surface area (Å²) in [5.74, 6) is 0.274. The third-order valence-electron chi connectivity index (χ3n) is 3.49. The van der Waals surface area contributed by atoms with E-state index < -0.39 is 0 Å². The molecule has 5 heteroatoms. The molecule has 1 fully saturated rings. The lowest BCUT2D eigenvalue weighted by Crippen LogP contribution is -2.21. The van der Waals surface area contributed by atoms with Gasteiger partial charge in [0.2, 0.25) is 5.91 Å². The van der Waals surface area contributed by atoms with Crippen molar-refractivity contribution >= 4 is 34.6 Å². The normalized spacial score (nSPS) is 15.2. The molecule has 4 nitrogen and oxygen atoms in total. The van der Waals surface area contributed by atoms with Gasteiger partial charge < -0.3 is 16.4 Å². The van der Waals surface area contributed by atoms with Crippen LogP contribution in [0, 0.1) is 12.8 Å². The van der Waals surface area contributed by atoms with E-state index in [0.29, 0.717) is 0 Å². The van der Waals surface area contributed by atoms with Crippen LogP contribution < -0.4 is 16.4 Å². The topological polar surface area (TPSA) is 67.2 Å². The number of nitrogens with two attached hydrogens (primary N) is 1. The molecule has 1 amide bonds. The van der Waals surface area contributed by atoms with Crippen molar-refractivity contribution in [3.63, 3.8) is 0 Å². The number of hydrogen-bond donors (Lipinski definition) is 3. The Balaban J connectivity index is 2.07. The molecule has 2 rings (SSSR count). The number of anilines is 2. The predicted molar refractivity (Wildman–Crippen MR) is 82.2 cm³/mol. The van der Waals surface area contributed by atoms with E-state index in [1.165, 1.54) is 0 Å². The Hall–Kier alpha value is -1.62. The van der Waals surface area contributed by atoms with Crippen molar-refractivity contribution in [3.05, 3.63) is 23.8 Å². The number of amides is 1. The van der Waals surface area contributed by atoms with Crippen LogP contribution in [0.2, 0.25) is 0 Å². The van der Waals surface area contributed by atoms with Gasteiger partial charge in [0.05, 0.1) is 0 Å². The van der Waals surface area contributed by atoms with Gasteiger partial charge in [0, 0.05) is 17.3 Å². The van der Waals surface area contributed by atoms with Crippen molar-refractivity contribution < 1.29 is 4.79 Å². The predicted octanol–water partition coefficient (Wildman–Crippen LogP) is 2.78. The lowest BCUT2D eigenvalue weighted by Gasteiger charge is -2.13. The molecule has 1 aliphatic rings. The first-order valence-corrected chi connectivity index (χ1v) is 6.95. The van der Waals surface area contributed by atoms with Crippen molar-refractivity contribution in [1.82, 2.24) is 0 Å². The molecule has 0 saturated heterocycles. The van der Waals surface area contributed by atoms with Gasteiger partial charge in [-0.1, -0.05) is 18.9 Å². The van der Waals surface area contributed by atoms with Gasteiger partial charge in [-0.2, -0.15) is 0 Å². The molecule has 1 aliphatic carbocycles. The van der Waals surface area contributed by atoms with Crippen molar-refractivity contribution in [2.75, 3.05) is 10.6 Å². The number of hydrogen-bond acceptors (Lipinski definition) is 2. The average molecular weight is 277 g/mol. The average Bonchev–Trinajstić information content (AvgIpc) is 2.86. The second kappa shape index (κ2) is 6.02. The van der Waals surface area contributed by atoms with Gasteiger partial charge in [-0.3, -0.25) is 4.79 Å². The Morgan fingerprint density at radius 3 is 2.63 bits per heavy atom. The van der Waals surface area contributed by atoms with Crippen LogP contribution in [0.5, 0.6) is 0 Å². The molecule has 1 aromatic rings. The maximum absolute atomic E-state index is 12.1. The molecule has 1 saturated carbocycles. The third kappa shape index (κ3) is 3.67. The second-order valence-electron chi connectivity index (χ2n) is 4.99. The number of carbonyl (C=O) groups is 1. The van der Waals surface area contributed by atoms with E-state index in [9.17, 15) is 4.79 Å². The standard InChI is InChI=1S/C14H19N3OS/c1-9-6-7-11(8-12(9)17-14(15)19)16-13(18)10-4-2-3-5-10/h6-8,10H,2-5H2,1H3,(H,16,18)(H3,15,17,19). The van der Waals surface area contributed by atoms with Crippen LogP contribution in [0.3, 0.4) is 0 Å². The summed E-state index contributed by atoms with van der Waals surface area (Å²) in [4.78, 5) is 12.1. The summed E-state index contributed by atoms with van der Waals surface area (Å²) in [6.07, 6.45) is 4.30. The highest BCUT2D eigenvalue weighted by atomic mass is 32.1. The second-order valence-corrected chi connectivity index (χ2v) is 5.43. The zero-order chi connectivity index (χ0) is 13.8. The van der Waals surface area contributed by atoms with Crippen LogP contribution in [-0.4, -0.2) is 11.0 Å². The van der Waals surface area contributed by atoms with Crippen molar-refractivity contribution in [2.24, 2.45) is 11.7 Å². The highest BCUT2D eigenvalue weighted by Gasteiger charge is 2.22.